The zero-order valence-corrected chi connectivity index (χ0v) is 11.9. The van der Waals surface area contributed by atoms with E-state index in [9.17, 15) is 10.2 Å². The topological polar surface area (TPSA) is 49.7 Å². The molecule has 0 aromatic heterocycles. The molecule has 0 saturated heterocycles. The van der Waals surface area contributed by atoms with Crippen LogP contribution >= 0.6 is 15.9 Å². The van der Waals surface area contributed by atoms with Crippen molar-refractivity contribution in [3.05, 3.63) is 28.2 Å². The molecule has 0 spiro atoms. The molecule has 0 heterocycles. The average molecular weight is 315 g/mol. The SMILES string of the molecule is OCc1cccc(Br)c1OC1CCCCCC1O. The second-order valence-corrected chi connectivity index (χ2v) is 5.60. The van der Waals surface area contributed by atoms with Gasteiger partial charge in [-0.25, -0.2) is 0 Å². The van der Waals surface area contributed by atoms with Crippen LogP contribution in [0.4, 0.5) is 0 Å². The van der Waals surface area contributed by atoms with Gasteiger partial charge in [-0.1, -0.05) is 25.0 Å². The van der Waals surface area contributed by atoms with E-state index in [0.29, 0.717) is 5.75 Å². The van der Waals surface area contributed by atoms with Gasteiger partial charge in [0.15, 0.2) is 0 Å². The van der Waals surface area contributed by atoms with Gasteiger partial charge < -0.3 is 14.9 Å². The van der Waals surface area contributed by atoms with E-state index in [-0.39, 0.29) is 12.7 Å². The zero-order valence-electron chi connectivity index (χ0n) is 10.3. The summed E-state index contributed by atoms with van der Waals surface area (Å²) >= 11 is 3.44. The van der Waals surface area contributed by atoms with Gasteiger partial charge in [-0.05, 0) is 41.3 Å². The fourth-order valence-electron chi connectivity index (χ4n) is 2.35. The van der Waals surface area contributed by atoms with Crippen LogP contribution in [0.15, 0.2) is 22.7 Å². The summed E-state index contributed by atoms with van der Waals surface area (Å²) in [5.74, 6) is 0.658. The van der Waals surface area contributed by atoms with Gasteiger partial charge in [0.25, 0.3) is 0 Å². The fraction of sp³-hybridized carbons (Fsp3) is 0.571. The molecule has 0 amide bonds. The summed E-state index contributed by atoms with van der Waals surface area (Å²) in [6.45, 7) is -0.0579. The fourth-order valence-corrected chi connectivity index (χ4v) is 2.85. The molecular weight excluding hydrogens is 296 g/mol. The largest absolute Gasteiger partial charge is 0.486 e. The summed E-state index contributed by atoms with van der Waals surface area (Å²) in [5, 5.41) is 19.4. The number of halogens is 1. The van der Waals surface area contributed by atoms with Gasteiger partial charge >= 0.3 is 0 Å². The summed E-state index contributed by atoms with van der Waals surface area (Å²) < 4.78 is 6.77. The second-order valence-electron chi connectivity index (χ2n) is 4.75. The van der Waals surface area contributed by atoms with E-state index in [1.807, 2.05) is 18.2 Å². The van der Waals surface area contributed by atoms with Crippen LogP contribution in [-0.4, -0.2) is 22.4 Å². The minimum absolute atomic E-state index is 0.0579. The Morgan fingerprint density at radius 3 is 2.78 bits per heavy atom. The van der Waals surface area contributed by atoms with E-state index >= 15 is 0 Å². The van der Waals surface area contributed by atoms with Gasteiger partial charge in [0.05, 0.1) is 17.2 Å². The molecule has 2 atom stereocenters. The maximum atomic E-state index is 10.1. The Hall–Kier alpha value is -0.580. The highest BCUT2D eigenvalue weighted by Gasteiger charge is 2.24. The van der Waals surface area contributed by atoms with Crippen molar-refractivity contribution in [2.24, 2.45) is 0 Å². The highest BCUT2D eigenvalue weighted by Crippen LogP contribution is 2.32. The van der Waals surface area contributed by atoms with Crippen molar-refractivity contribution >= 4 is 15.9 Å². The number of hydrogen-bond acceptors (Lipinski definition) is 3. The highest BCUT2D eigenvalue weighted by atomic mass is 79.9. The number of ether oxygens (including phenoxy) is 1. The Balaban J connectivity index is 2.16. The molecule has 4 heteroatoms. The van der Waals surface area contributed by atoms with Crippen molar-refractivity contribution < 1.29 is 14.9 Å². The highest BCUT2D eigenvalue weighted by molar-refractivity contribution is 9.10. The molecule has 0 radical (unpaired) electrons. The average Bonchev–Trinajstić information content (AvgIpc) is 2.57. The number of aliphatic hydroxyl groups excluding tert-OH is 2. The standard InChI is InChI=1S/C14H19BrO3/c15-11-6-4-5-10(9-16)14(11)18-13-8-3-1-2-7-12(13)17/h4-6,12-13,16-17H,1-3,7-9H2. The predicted octanol–water partition coefficient (Wildman–Crippen LogP) is 3.01. The summed E-state index contributed by atoms with van der Waals surface area (Å²) in [5.41, 5.74) is 0.751. The Kier molecular flexibility index (Phi) is 5.03. The van der Waals surface area contributed by atoms with Gasteiger partial charge in [0.1, 0.15) is 11.9 Å². The lowest BCUT2D eigenvalue weighted by Crippen LogP contribution is -2.31. The molecule has 1 saturated carbocycles. The third-order valence-electron chi connectivity index (χ3n) is 3.41. The Bertz CT molecular complexity index is 395. The van der Waals surface area contributed by atoms with Crippen LogP contribution in [-0.2, 0) is 6.61 Å². The quantitative estimate of drug-likeness (QED) is 0.843. The third kappa shape index (κ3) is 3.25. The van der Waals surface area contributed by atoms with Crippen molar-refractivity contribution in [1.82, 2.24) is 0 Å². The molecule has 100 valence electrons. The zero-order chi connectivity index (χ0) is 13.0. The van der Waals surface area contributed by atoms with Crippen LogP contribution in [0.25, 0.3) is 0 Å². The molecule has 0 bridgehead atoms. The van der Waals surface area contributed by atoms with E-state index in [0.717, 1.165) is 42.1 Å². The van der Waals surface area contributed by atoms with Gasteiger partial charge in [-0.3, -0.25) is 0 Å². The molecule has 18 heavy (non-hydrogen) atoms. The number of rotatable bonds is 3. The first-order chi connectivity index (χ1) is 8.72. The monoisotopic (exact) mass is 314 g/mol. The van der Waals surface area contributed by atoms with E-state index in [1.54, 1.807) is 0 Å². The minimum Gasteiger partial charge on any atom is -0.486 e. The van der Waals surface area contributed by atoms with E-state index in [2.05, 4.69) is 15.9 Å². The summed E-state index contributed by atoms with van der Waals surface area (Å²) in [6, 6.07) is 5.59. The molecule has 0 aliphatic heterocycles. The predicted molar refractivity (Wildman–Crippen MR) is 73.6 cm³/mol. The van der Waals surface area contributed by atoms with E-state index < -0.39 is 6.10 Å². The van der Waals surface area contributed by atoms with Gasteiger partial charge in [0, 0.05) is 5.56 Å². The first kappa shape index (κ1) is 13.8. The number of para-hydroxylation sites is 1. The lowest BCUT2D eigenvalue weighted by Gasteiger charge is -2.24. The lowest BCUT2D eigenvalue weighted by atomic mass is 10.1. The normalized spacial score (nSPS) is 24.6. The van der Waals surface area contributed by atoms with Crippen LogP contribution in [0.3, 0.4) is 0 Å². The molecule has 2 unspecified atom stereocenters. The number of hydrogen-bond donors (Lipinski definition) is 2. The smallest absolute Gasteiger partial charge is 0.139 e. The summed E-state index contributed by atoms with van der Waals surface area (Å²) in [4.78, 5) is 0. The van der Waals surface area contributed by atoms with Crippen molar-refractivity contribution in [3.8, 4) is 5.75 Å². The lowest BCUT2D eigenvalue weighted by molar-refractivity contribution is 0.0303. The molecule has 1 aliphatic rings. The molecule has 1 aliphatic carbocycles. The number of benzene rings is 1. The van der Waals surface area contributed by atoms with Crippen molar-refractivity contribution in [2.75, 3.05) is 0 Å². The molecular formula is C14H19BrO3. The molecule has 1 aromatic rings. The third-order valence-corrected chi connectivity index (χ3v) is 4.03. The van der Waals surface area contributed by atoms with Gasteiger partial charge in [-0.2, -0.15) is 0 Å². The van der Waals surface area contributed by atoms with Gasteiger partial charge in [0.2, 0.25) is 0 Å². The van der Waals surface area contributed by atoms with Gasteiger partial charge in [-0.15, -0.1) is 0 Å². The van der Waals surface area contributed by atoms with Crippen molar-refractivity contribution in [3.63, 3.8) is 0 Å². The molecule has 1 fully saturated rings. The molecule has 3 nitrogen and oxygen atoms in total. The van der Waals surface area contributed by atoms with Crippen LogP contribution in [0, 0.1) is 0 Å². The first-order valence-electron chi connectivity index (χ1n) is 6.45. The van der Waals surface area contributed by atoms with Crippen LogP contribution < -0.4 is 4.74 Å². The second kappa shape index (κ2) is 6.55. The molecule has 2 rings (SSSR count). The Labute approximate surface area is 116 Å². The summed E-state index contributed by atoms with van der Waals surface area (Å²) in [7, 11) is 0. The van der Waals surface area contributed by atoms with Crippen molar-refractivity contribution in [1.29, 1.82) is 0 Å². The maximum Gasteiger partial charge on any atom is 0.139 e. The number of aliphatic hydroxyl groups is 2. The van der Waals surface area contributed by atoms with E-state index in [1.165, 1.54) is 0 Å². The van der Waals surface area contributed by atoms with Crippen LogP contribution in [0.1, 0.15) is 37.7 Å². The Morgan fingerprint density at radius 1 is 1.22 bits per heavy atom. The Morgan fingerprint density at radius 2 is 2.00 bits per heavy atom. The molecule has 2 N–H and O–H groups in total. The maximum absolute atomic E-state index is 10.1. The molecule has 1 aromatic carbocycles. The van der Waals surface area contributed by atoms with Crippen molar-refractivity contribution in [2.45, 2.75) is 50.9 Å². The summed E-state index contributed by atoms with van der Waals surface area (Å²) in [6.07, 6.45) is 4.38. The first-order valence-corrected chi connectivity index (χ1v) is 7.24. The minimum atomic E-state index is -0.411. The van der Waals surface area contributed by atoms with Crippen LogP contribution in [0.5, 0.6) is 5.75 Å². The van der Waals surface area contributed by atoms with Crippen LogP contribution in [0.2, 0.25) is 0 Å². The van der Waals surface area contributed by atoms with E-state index in [4.69, 9.17) is 4.74 Å².